The summed E-state index contributed by atoms with van der Waals surface area (Å²) in [6.45, 7) is 2.16. The van der Waals surface area contributed by atoms with Crippen LogP contribution in [0.3, 0.4) is 0 Å². The standard InChI is InChI=1S/C26H25F3N6O3S/c1-15-8-17(10-18(9-15)34-24-30-7-4-21(35-24)26(27,28)29)20-12-32-23(39-20)25(37)5-2-16(3-6-25)22(36)31-11-19-13-38-14-33-19/h4,7-10,12-14,16,37H,2-3,5-6,11H2,1H3,(H,31,36)(H,30,34,35)/t16-,25+. The summed E-state index contributed by atoms with van der Waals surface area (Å²) in [5.41, 5.74) is 0.654. The van der Waals surface area contributed by atoms with Gasteiger partial charge in [-0.2, -0.15) is 13.2 Å². The largest absolute Gasteiger partial charge is 0.451 e. The number of nitrogens with one attached hydrogen (secondary N) is 2. The second kappa shape index (κ2) is 10.7. The molecular formula is C26H25F3N6O3S. The van der Waals surface area contributed by atoms with Gasteiger partial charge in [-0.1, -0.05) is 6.07 Å². The third-order valence-electron chi connectivity index (χ3n) is 6.58. The Balaban J connectivity index is 1.25. The van der Waals surface area contributed by atoms with Crippen molar-refractivity contribution in [2.75, 3.05) is 5.32 Å². The third kappa shape index (κ3) is 6.25. The van der Waals surface area contributed by atoms with Gasteiger partial charge in [0.2, 0.25) is 11.9 Å². The zero-order chi connectivity index (χ0) is 27.6. The Labute approximate surface area is 225 Å². The Morgan fingerprint density at radius 1 is 1.21 bits per heavy atom. The Morgan fingerprint density at radius 3 is 2.72 bits per heavy atom. The van der Waals surface area contributed by atoms with Crippen molar-refractivity contribution in [3.8, 4) is 10.4 Å². The number of carbonyl (C=O) groups is 1. The molecular weight excluding hydrogens is 533 g/mol. The minimum absolute atomic E-state index is 0.0792. The van der Waals surface area contributed by atoms with E-state index in [-0.39, 0.29) is 17.8 Å². The first-order chi connectivity index (χ1) is 18.6. The summed E-state index contributed by atoms with van der Waals surface area (Å²) >= 11 is 1.35. The number of alkyl halides is 3. The molecule has 39 heavy (non-hydrogen) atoms. The lowest BCUT2D eigenvalue weighted by molar-refractivity contribution is -0.141. The van der Waals surface area contributed by atoms with Gasteiger partial charge in [0.25, 0.3) is 0 Å². The van der Waals surface area contributed by atoms with E-state index in [4.69, 9.17) is 4.42 Å². The van der Waals surface area contributed by atoms with E-state index >= 15 is 0 Å². The van der Waals surface area contributed by atoms with E-state index in [1.54, 1.807) is 18.3 Å². The molecule has 0 aliphatic heterocycles. The Morgan fingerprint density at radius 2 is 2.00 bits per heavy atom. The minimum Gasteiger partial charge on any atom is -0.451 e. The number of nitrogens with zero attached hydrogens (tertiary/aromatic N) is 4. The Hall–Kier alpha value is -3.84. The molecule has 1 saturated carbocycles. The zero-order valence-corrected chi connectivity index (χ0v) is 21.6. The van der Waals surface area contributed by atoms with Crippen molar-refractivity contribution in [1.82, 2.24) is 25.3 Å². The first kappa shape index (κ1) is 26.8. The van der Waals surface area contributed by atoms with Crippen molar-refractivity contribution in [2.45, 2.75) is 50.9 Å². The monoisotopic (exact) mass is 558 g/mol. The van der Waals surface area contributed by atoms with Crippen LogP contribution in [-0.4, -0.2) is 30.9 Å². The molecule has 0 radical (unpaired) electrons. The highest BCUT2D eigenvalue weighted by Crippen LogP contribution is 2.43. The molecule has 0 saturated heterocycles. The molecule has 204 valence electrons. The first-order valence-electron chi connectivity index (χ1n) is 12.2. The SMILES string of the molecule is Cc1cc(Nc2nccc(C(F)(F)F)n2)cc(-c2cnc([C@]3(O)CC[C@@H](C(=O)NCc4cocn4)CC3)s2)c1. The topological polar surface area (TPSA) is 126 Å². The lowest BCUT2D eigenvalue weighted by Crippen LogP contribution is -2.38. The van der Waals surface area contributed by atoms with Crippen LogP contribution in [0.1, 0.15) is 47.6 Å². The van der Waals surface area contributed by atoms with Crippen LogP contribution in [0.4, 0.5) is 24.8 Å². The number of benzene rings is 1. The van der Waals surface area contributed by atoms with Crippen LogP contribution in [0.15, 0.2) is 53.7 Å². The van der Waals surface area contributed by atoms with E-state index in [0.717, 1.165) is 28.3 Å². The van der Waals surface area contributed by atoms with Crippen molar-refractivity contribution >= 4 is 28.9 Å². The van der Waals surface area contributed by atoms with Crippen molar-refractivity contribution < 1.29 is 27.5 Å². The highest BCUT2D eigenvalue weighted by molar-refractivity contribution is 7.15. The van der Waals surface area contributed by atoms with E-state index in [2.05, 4.69) is 30.6 Å². The van der Waals surface area contributed by atoms with Gasteiger partial charge in [0.05, 0.1) is 17.1 Å². The van der Waals surface area contributed by atoms with Gasteiger partial charge in [0, 0.05) is 24.0 Å². The van der Waals surface area contributed by atoms with Crippen molar-refractivity contribution in [3.63, 3.8) is 0 Å². The number of halogens is 3. The van der Waals surface area contributed by atoms with Crippen LogP contribution < -0.4 is 10.6 Å². The fraction of sp³-hybridized carbons (Fsp3) is 0.346. The lowest BCUT2D eigenvalue weighted by atomic mass is 9.78. The predicted molar refractivity (Wildman–Crippen MR) is 137 cm³/mol. The van der Waals surface area contributed by atoms with Gasteiger partial charge in [-0.25, -0.2) is 19.9 Å². The highest BCUT2D eigenvalue weighted by Gasteiger charge is 2.39. The summed E-state index contributed by atoms with van der Waals surface area (Å²) in [5, 5.41) is 17.6. The van der Waals surface area contributed by atoms with Crippen LogP contribution >= 0.6 is 11.3 Å². The maximum absolute atomic E-state index is 13.0. The van der Waals surface area contributed by atoms with Crippen LogP contribution in [0.2, 0.25) is 0 Å². The molecule has 1 aliphatic carbocycles. The van der Waals surface area contributed by atoms with Crippen molar-refractivity contribution in [1.29, 1.82) is 0 Å². The van der Waals surface area contributed by atoms with Crippen LogP contribution in [0.5, 0.6) is 0 Å². The maximum atomic E-state index is 13.0. The average molecular weight is 559 g/mol. The van der Waals surface area contributed by atoms with Crippen molar-refractivity contribution in [3.05, 3.63) is 71.3 Å². The minimum atomic E-state index is -4.57. The molecule has 3 aromatic heterocycles. The number of aryl methyl sites for hydroxylation is 1. The summed E-state index contributed by atoms with van der Waals surface area (Å²) in [5.74, 6) is -0.452. The molecule has 13 heteroatoms. The smallest absolute Gasteiger partial charge is 0.433 e. The predicted octanol–water partition coefficient (Wildman–Crippen LogP) is 5.35. The normalized spacial score (nSPS) is 19.6. The van der Waals surface area contributed by atoms with Gasteiger partial charge in [0.1, 0.15) is 22.6 Å². The van der Waals surface area contributed by atoms with Gasteiger partial charge in [0.15, 0.2) is 6.39 Å². The molecule has 1 amide bonds. The molecule has 1 fully saturated rings. The molecule has 5 rings (SSSR count). The van der Waals surface area contributed by atoms with Gasteiger partial charge in [-0.05, 0) is 61.9 Å². The summed E-state index contributed by atoms with van der Waals surface area (Å²) in [6.07, 6.45) is 2.78. The number of thiazole rings is 1. The number of hydrogen-bond donors (Lipinski definition) is 3. The number of aliphatic hydroxyl groups is 1. The first-order valence-corrected chi connectivity index (χ1v) is 13.0. The molecule has 3 heterocycles. The van der Waals surface area contributed by atoms with E-state index in [9.17, 15) is 23.1 Å². The fourth-order valence-corrected chi connectivity index (χ4v) is 5.59. The number of hydrogen-bond acceptors (Lipinski definition) is 9. The van der Waals surface area contributed by atoms with Crippen LogP contribution in [0.25, 0.3) is 10.4 Å². The number of oxazole rings is 1. The van der Waals surface area contributed by atoms with Gasteiger partial charge in [-0.15, -0.1) is 11.3 Å². The third-order valence-corrected chi connectivity index (χ3v) is 7.82. The quantitative estimate of drug-likeness (QED) is 0.277. The van der Waals surface area contributed by atoms with E-state index in [0.29, 0.717) is 48.6 Å². The molecule has 0 bridgehead atoms. The van der Waals surface area contributed by atoms with Crippen LogP contribution in [0, 0.1) is 12.8 Å². The molecule has 1 aliphatic rings. The molecule has 0 atom stereocenters. The van der Waals surface area contributed by atoms with Crippen molar-refractivity contribution in [2.24, 2.45) is 5.92 Å². The molecule has 0 spiro atoms. The summed E-state index contributed by atoms with van der Waals surface area (Å²) < 4.78 is 44.0. The molecule has 0 unspecified atom stereocenters. The number of amides is 1. The Kier molecular flexibility index (Phi) is 7.36. The van der Waals surface area contributed by atoms with Crippen LogP contribution in [-0.2, 0) is 23.1 Å². The molecule has 9 nitrogen and oxygen atoms in total. The molecule has 4 aromatic rings. The molecule has 1 aromatic carbocycles. The lowest BCUT2D eigenvalue weighted by Gasteiger charge is -2.33. The highest BCUT2D eigenvalue weighted by atomic mass is 32.1. The number of carbonyl (C=O) groups excluding carboxylic acids is 1. The van der Waals surface area contributed by atoms with E-state index < -0.39 is 17.5 Å². The zero-order valence-electron chi connectivity index (χ0n) is 20.8. The van der Waals surface area contributed by atoms with E-state index in [1.165, 1.54) is 24.0 Å². The Bertz CT molecular complexity index is 1450. The van der Waals surface area contributed by atoms with E-state index in [1.807, 2.05) is 13.0 Å². The second-order valence-electron chi connectivity index (χ2n) is 9.51. The number of aromatic nitrogens is 4. The average Bonchev–Trinajstić information content (AvgIpc) is 3.60. The summed E-state index contributed by atoms with van der Waals surface area (Å²) in [4.78, 5) is 29.3. The number of anilines is 2. The summed E-state index contributed by atoms with van der Waals surface area (Å²) in [7, 11) is 0. The van der Waals surface area contributed by atoms with Gasteiger partial charge < -0.3 is 20.2 Å². The second-order valence-corrected chi connectivity index (χ2v) is 10.5. The summed E-state index contributed by atoms with van der Waals surface area (Å²) in [6, 6.07) is 6.29. The molecule has 3 N–H and O–H groups in total. The van der Waals surface area contributed by atoms with Gasteiger partial charge >= 0.3 is 6.18 Å². The maximum Gasteiger partial charge on any atom is 0.433 e. The van der Waals surface area contributed by atoms with Gasteiger partial charge in [-0.3, -0.25) is 4.79 Å². The number of rotatable bonds is 7. The fourth-order valence-electron chi connectivity index (χ4n) is 4.54.